The normalized spacial score (nSPS) is 11.7. The molecular weight excluding hydrogens is 294 g/mol. The molecule has 0 radical (unpaired) electrons. The minimum atomic E-state index is -0.476. The molecule has 7 heteroatoms. The summed E-state index contributed by atoms with van der Waals surface area (Å²) in [5, 5.41) is 13.6. The van der Waals surface area contributed by atoms with E-state index in [0.717, 1.165) is 0 Å². The molecule has 1 heterocycles. The number of nitrogens with zero attached hydrogens (tertiary/aromatic N) is 2. The van der Waals surface area contributed by atoms with Crippen LogP contribution in [-0.2, 0) is 0 Å². The third-order valence-electron chi connectivity index (χ3n) is 2.93. The van der Waals surface area contributed by atoms with Gasteiger partial charge in [0.1, 0.15) is 5.15 Å². The third kappa shape index (κ3) is 3.55. The fraction of sp³-hybridized carbons (Fsp3) is 0.143. The first-order valence-corrected chi connectivity index (χ1v) is 6.52. The number of nitro benzene ring substituents is 1. The van der Waals surface area contributed by atoms with Crippen LogP contribution in [0.2, 0.25) is 5.15 Å². The Balaban J connectivity index is 2.16. The fourth-order valence-corrected chi connectivity index (χ4v) is 2.03. The van der Waals surface area contributed by atoms with Crippen molar-refractivity contribution >= 4 is 23.2 Å². The molecule has 0 saturated heterocycles. The van der Waals surface area contributed by atoms with E-state index < -0.39 is 11.0 Å². The van der Waals surface area contributed by atoms with Crippen molar-refractivity contribution in [2.75, 3.05) is 0 Å². The van der Waals surface area contributed by atoms with Gasteiger partial charge < -0.3 is 5.32 Å². The predicted octanol–water partition coefficient (Wildman–Crippen LogP) is 3.13. The second kappa shape index (κ2) is 6.32. The van der Waals surface area contributed by atoms with Gasteiger partial charge in [-0.3, -0.25) is 14.9 Å². The van der Waals surface area contributed by atoms with Crippen molar-refractivity contribution in [2.45, 2.75) is 13.0 Å². The molecule has 0 aliphatic rings. The summed E-state index contributed by atoms with van der Waals surface area (Å²) in [5.74, 6) is -0.382. The first kappa shape index (κ1) is 14.9. The highest BCUT2D eigenvalue weighted by molar-refractivity contribution is 6.32. The molecule has 1 amide bonds. The molecule has 2 aromatic rings. The number of amides is 1. The maximum atomic E-state index is 12.1. The highest BCUT2D eigenvalue weighted by atomic mass is 35.5. The van der Waals surface area contributed by atoms with Crippen molar-refractivity contribution in [1.82, 2.24) is 10.3 Å². The van der Waals surface area contributed by atoms with Gasteiger partial charge in [-0.2, -0.15) is 0 Å². The minimum absolute atomic E-state index is 0.0204. The number of rotatable bonds is 4. The monoisotopic (exact) mass is 305 g/mol. The lowest BCUT2D eigenvalue weighted by Crippen LogP contribution is -2.27. The summed E-state index contributed by atoms with van der Waals surface area (Å²) >= 11 is 5.85. The molecule has 2 rings (SSSR count). The number of carbonyl (C=O) groups is 1. The fourth-order valence-electron chi connectivity index (χ4n) is 1.82. The van der Waals surface area contributed by atoms with E-state index >= 15 is 0 Å². The first-order valence-electron chi connectivity index (χ1n) is 6.15. The van der Waals surface area contributed by atoms with Crippen molar-refractivity contribution in [3.8, 4) is 0 Å². The first-order chi connectivity index (χ1) is 9.99. The van der Waals surface area contributed by atoms with Gasteiger partial charge in [0.15, 0.2) is 0 Å². The van der Waals surface area contributed by atoms with Crippen molar-refractivity contribution in [3.63, 3.8) is 0 Å². The standard InChI is InChI=1S/C14H12ClN3O3/c1-9(10-4-2-5-11(8-10)18(20)21)17-14(19)12-6-3-7-16-13(12)15/h2-9H,1H3,(H,17,19). The Hall–Kier alpha value is -2.47. The summed E-state index contributed by atoms with van der Waals surface area (Å²) in [4.78, 5) is 26.2. The van der Waals surface area contributed by atoms with Crippen LogP contribution in [0.25, 0.3) is 0 Å². The molecule has 108 valence electrons. The topological polar surface area (TPSA) is 85.1 Å². The van der Waals surface area contributed by atoms with Crippen LogP contribution in [0.3, 0.4) is 0 Å². The van der Waals surface area contributed by atoms with Crippen molar-refractivity contribution in [1.29, 1.82) is 0 Å². The lowest BCUT2D eigenvalue weighted by molar-refractivity contribution is -0.384. The summed E-state index contributed by atoms with van der Waals surface area (Å²) in [5.41, 5.74) is 0.877. The van der Waals surface area contributed by atoms with Crippen LogP contribution in [0.4, 0.5) is 5.69 Å². The number of pyridine rings is 1. The minimum Gasteiger partial charge on any atom is -0.345 e. The molecule has 1 atom stereocenters. The number of hydrogen-bond donors (Lipinski definition) is 1. The van der Waals surface area contributed by atoms with Crippen LogP contribution >= 0.6 is 11.6 Å². The molecule has 21 heavy (non-hydrogen) atoms. The number of nitrogens with one attached hydrogen (secondary N) is 1. The number of hydrogen-bond acceptors (Lipinski definition) is 4. The Morgan fingerprint density at radius 2 is 2.14 bits per heavy atom. The Labute approximate surface area is 125 Å². The van der Waals surface area contributed by atoms with Crippen molar-refractivity contribution in [2.24, 2.45) is 0 Å². The predicted molar refractivity (Wildman–Crippen MR) is 78.2 cm³/mol. The molecule has 1 N–H and O–H groups in total. The zero-order valence-corrected chi connectivity index (χ0v) is 11.9. The second-order valence-corrected chi connectivity index (χ2v) is 4.75. The Morgan fingerprint density at radius 3 is 2.81 bits per heavy atom. The molecule has 0 spiro atoms. The molecule has 0 aliphatic carbocycles. The summed E-state index contributed by atoms with van der Waals surface area (Å²) in [6, 6.07) is 8.89. The van der Waals surface area contributed by atoms with Crippen LogP contribution in [0, 0.1) is 10.1 Å². The number of carbonyl (C=O) groups excluding carboxylic acids is 1. The molecule has 0 bridgehead atoms. The molecule has 1 aromatic carbocycles. The maximum Gasteiger partial charge on any atom is 0.269 e. The van der Waals surface area contributed by atoms with Crippen molar-refractivity contribution in [3.05, 3.63) is 69.0 Å². The van der Waals surface area contributed by atoms with Gasteiger partial charge in [0.2, 0.25) is 0 Å². The van der Waals surface area contributed by atoms with Gasteiger partial charge in [-0.15, -0.1) is 0 Å². The van der Waals surface area contributed by atoms with E-state index in [-0.39, 0.29) is 22.3 Å². The van der Waals surface area contributed by atoms with Gasteiger partial charge in [0.25, 0.3) is 11.6 Å². The third-order valence-corrected chi connectivity index (χ3v) is 3.23. The zero-order chi connectivity index (χ0) is 15.4. The van der Waals surface area contributed by atoms with Crippen LogP contribution in [0.1, 0.15) is 28.9 Å². The van der Waals surface area contributed by atoms with Gasteiger partial charge in [-0.1, -0.05) is 23.7 Å². The van der Waals surface area contributed by atoms with Gasteiger partial charge in [0.05, 0.1) is 16.5 Å². The van der Waals surface area contributed by atoms with Gasteiger partial charge in [-0.05, 0) is 24.6 Å². The highest BCUT2D eigenvalue weighted by Gasteiger charge is 2.16. The lowest BCUT2D eigenvalue weighted by Gasteiger charge is -2.14. The number of benzene rings is 1. The summed E-state index contributed by atoms with van der Waals surface area (Å²) in [6.45, 7) is 1.74. The van der Waals surface area contributed by atoms with Crippen LogP contribution in [0.5, 0.6) is 0 Å². The van der Waals surface area contributed by atoms with Crippen LogP contribution < -0.4 is 5.32 Å². The molecule has 0 saturated carbocycles. The SMILES string of the molecule is CC(NC(=O)c1cccnc1Cl)c1cccc([N+](=O)[O-])c1. The van der Waals surface area contributed by atoms with Gasteiger partial charge in [0, 0.05) is 18.3 Å². The Kier molecular flexibility index (Phi) is 4.49. The van der Waals surface area contributed by atoms with E-state index in [4.69, 9.17) is 11.6 Å². The van der Waals surface area contributed by atoms with Gasteiger partial charge >= 0.3 is 0 Å². The average Bonchev–Trinajstić information content (AvgIpc) is 2.47. The van der Waals surface area contributed by atoms with Crippen molar-refractivity contribution < 1.29 is 9.72 Å². The van der Waals surface area contributed by atoms with E-state index in [0.29, 0.717) is 5.56 Å². The highest BCUT2D eigenvalue weighted by Crippen LogP contribution is 2.20. The summed E-state index contributed by atoms with van der Waals surface area (Å²) in [6.07, 6.45) is 1.49. The van der Waals surface area contributed by atoms with E-state index in [1.165, 1.54) is 18.3 Å². The smallest absolute Gasteiger partial charge is 0.269 e. The Bertz CT molecular complexity index is 691. The number of aromatic nitrogens is 1. The summed E-state index contributed by atoms with van der Waals surface area (Å²) in [7, 11) is 0. The van der Waals surface area contributed by atoms with Gasteiger partial charge in [-0.25, -0.2) is 4.98 Å². The lowest BCUT2D eigenvalue weighted by atomic mass is 10.1. The number of halogens is 1. The average molecular weight is 306 g/mol. The van der Waals surface area contributed by atoms with Crippen LogP contribution in [0.15, 0.2) is 42.6 Å². The van der Waals surface area contributed by atoms with E-state index in [9.17, 15) is 14.9 Å². The largest absolute Gasteiger partial charge is 0.345 e. The number of non-ortho nitro benzene ring substituents is 1. The molecular formula is C14H12ClN3O3. The zero-order valence-electron chi connectivity index (χ0n) is 11.1. The maximum absolute atomic E-state index is 12.1. The van der Waals surface area contributed by atoms with Crippen LogP contribution in [-0.4, -0.2) is 15.8 Å². The van der Waals surface area contributed by atoms with E-state index in [1.54, 1.807) is 31.2 Å². The van der Waals surface area contributed by atoms with E-state index in [2.05, 4.69) is 10.3 Å². The second-order valence-electron chi connectivity index (χ2n) is 4.39. The summed E-state index contributed by atoms with van der Waals surface area (Å²) < 4.78 is 0. The number of nitro groups is 1. The molecule has 0 fully saturated rings. The quantitative estimate of drug-likeness (QED) is 0.534. The molecule has 1 unspecified atom stereocenters. The molecule has 1 aromatic heterocycles. The molecule has 6 nitrogen and oxygen atoms in total. The molecule has 0 aliphatic heterocycles. The van der Waals surface area contributed by atoms with E-state index in [1.807, 2.05) is 0 Å². The Morgan fingerprint density at radius 1 is 1.38 bits per heavy atom.